The number of rotatable bonds is 0. The van der Waals surface area contributed by atoms with Crippen molar-refractivity contribution in [3.63, 3.8) is 0 Å². The summed E-state index contributed by atoms with van der Waals surface area (Å²) < 4.78 is 0. The smallest absolute Gasteiger partial charge is 0.166 e. The van der Waals surface area contributed by atoms with E-state index in [4.69, 9.17) is 0 Å². The quantitative estimate of drug-likeness (QED) is 0.465. The molecule has 0 unspecified atom stereocenters. The number of Topliss-reactive ketones (excluding diaryl/α,β-unsaturated/α-hetero) is 2. The first-order chi connectivity index (χ1) is 7.04. The number of hydrogen-bond acceptors (Lipinski definition) is 2. The maximum atomic E-state index is 12.0. The van der Waals surface area contributed by atoms with Gasteiger partial charge in [0, 0.05) is 12.8 Å². The van der Waals surface area contributed by atoms with E-state index in [1.165, 1.54) is 0 Å². The molecular formula is C14H22O2. The molecule has 16 heavy (non-hydrogen) atoms. The van der Waals surface area contributed by atoms with Gasteiger partial charge in [0.25, 0.3) is 0 Å². The van der Waals surface area contributed by atoms with Crippen LogP contribution in [-0.4, -0.2) is 11.6 Å². The van der Waals surface area contributed by atoms with Crippen LogP contribution in [0.1, 0.15) is 54.4 Å². The largest absolute Gasteiger partial charge is 0.294 e. The fourth-order valence-corrected chi connectivity index (χ4v) is 2.06. The van der Waals surface area contributed by atoms with Crippen molar-refractivity contribution >= 4 is 11.6 Å². The Morgan fingerprint density at radius 2 is 1.44 bits per heavy atom. The molecule has 2 heteroatoms. The third-order valence-corrected chi connectivity index (χ3v) is 3.34. The molecule has 0 heterocycles. The number of carbonyl (C=O) groups excluding carboxylic acids is 2. The SMILES string of the molecule is CC(=C1C(=O)CC(C)(C)CC1=O)C(C)(C)C. The molecular weight excluding hydrogens is 200 g/mol. The van der Waals surface area contributed by atoms with E-state index >= 15 is 0 Å². The van der Waals surface area contributed by atoms with Crippen LogP contribution in [0.2, 0.25) is 0 Å². The molecule has 0 amide bonds. The molecule has 1 rings (SSSR count). The van der Waals surface area contributed by atoms with Gasteiger partial charge in [-0.3, -0.25) is 9.59 Å². The van der Waals surface area contributed by atoms with Crippen LogP contribution < -0.4 is 0 Å². The minimum atomic E-state index is -0.171. The predicted octanol–water partition coefficient (Wildman–Crippen LogP) is 3.31. The highest BCUT2D eigenvalue weighted by atomic mass is 16.1. The van der Waals surface area contributed by atoms with E-state index in [0.29, 0.717) is 18.4 Å². The lowest BCUT2D eigenvalue weighted by atomic mass is 9.70. The van der Waals surface area contributed by atoms with Crippen LogP contribution in [0.25, 0.3) is 0 Å². The molecule has 0 atom stereocenters. The number of ketones is 2. The fourth-order valence-electron chi connectivity index (χ4n) is 2.06. The van der Waals surface area contributed by atoms with Crippen LogP contribution in [0.15, 0.2) is 11.1 Å². The molecule has 0 aromatic heterocycles. The highest BCUT2D eigenvalue weighted by Crippen LogP contribution is 2.38. The first-order valence-corrected chi connectivity index (χ1v) is 5.82. The average molecular weight is 222 g/mol. The van der Waals surface area contributed by atoms with Crippen molar-refractivity contribution in [1.29, 1.82) is 0 Å². The molecule has 0 aliphatic heterocycles. The molecule has 0 saturated heterocycles. The molecule has 0 bridgehead atoms. The molecule has 0 aromatic rings. The Morgan fingerprint density at radius 3 is 1.75 bits per heavy atom. The van der Waals surface area contributed by atoms with Crippen molar-refractivity contribution in [2.75, 3.05) is 0 Å². The topological polar surface area (TPSA) is 34.1 Å². The fraction of sp³-hybridized carbons (Fsp3) is 0.714. The first-order valence-electron chi connectivity index (χ1n) is 5.82. The number of hydrogen-bond donors (Lipinski definition) is 0. The summed E-state index contributed by atoms with van der Waals surface area (Å²) >= 11 is 0. The average Bonchev–Trinajstić information content (AvgIpc) is 1.97. The Hall–Kier alpha value is -0.920. The Labute approximate surface area is 98.1 Å². The number of carbonyl (C=O) groups is 2. The van der Waals surface area contributed by atoms with Gasteiger partial charge in [0.15, 0.2) is 11.6 Å². The lowest BCUT2D eigenvalue weighted by Crippen LogP contribution is -2.33. The van der Waals surface area contributed by atoms with Gasteiger partial charge in [0.05, 0.1) is 5.57 Å². The predicted molar refractivity (Wildman–Crippen MR) is 65.2 cm³/mol. The third-order valence-electron chi connectivity index (χ3n) is 3.34. The van der Waals surface area contributed by atoms with E-state index in [2.05, 4.69) is 0 Å². The van der Waals surface area contributed by atoms with Gasteiger partial charge in [-0.15, -0.1) is 0 Å². The summed E-state index contributed by atoms with van der Waals surface area (Å²) in [6, 6.07) is 0. The Kier molecular flexibility index (Phi) is 3.15. The van der Waals surface area contributed by atoms with Gasteiger partial charge in [-0.05, 0) is 17.8 Å². The van der Waals surface area contributed by atoms with E-state index in [-0.39, 0.29) is 22.4 Å². The summed E-state index contributed by atoms with van der Waals surface area (Å²) in [5.41, 5.74) is 1.11. The van der Waals surface area contributed by atoms with Crippen LogP contribution in [0.4, 0.5) is 0 Å². The second kappa shape index (κ2) is 3.83. The summed E-state index contributed by atoms with van der Waals surface area (Å²) in [5, 5.41) is 0. The Morgan fingerprint density at radius 1 is 1.06 bits per heavy atom. The molecule has 1 aliphatic carbocycles. The molecule has 0 radical (unpaired) electrons. The first kappa shape index (κ1) is 13.1. The van der Waals surface area contributed by atoms with Gasteiger partial charge >= 0.3 is 0 Å². The molecule has 1 saturated carbocycles. The zero-order chi connectivity index (χ0) is 12.7. The van der Waals surface area contributed by atoms with Crippen molar-refractivity contribution in [3.05, 3.63) is 11.1 Å². The second-order valence-corrected chi connectivity index (χ2v) is 6.61. The van der Waals surface area contributed by atoms with Crippen LogP contribution in [0.3, 0.4) is 0 Å². The van der Waals surface area contributed by atoms with E-state index in [1.807, 2.05) is 41.5 Å². The van der Waals surface area contributed by atoms with Gasteiger partial charge in [-0.25, -0.2) is 0 Å². The highest BCUT2D eigenvalue weighted by Gasteiger charge is 2.37. The summed E-state index contributed by atoms with van der Waals surface area (Å²) in [4.78, 5) is 24.1. The summed E-state index contributed by atoms with van der Waals surface area (Å²) in [6.45, 7) is 12.0. The Bertz CT molecular complexity index is 343. The maximum Gasteiger partial charge on any atom is 0.166 e. The molecule has 0 aromatic carbocycles. The zero-order valence-electron chi connectivity index (χ0n) is 11.2. The van der Waals surface area contributed by atoms with E-state index in [9.17, 15) is 9.59 Å². The number of allylic oxidation sites excluding steroid dienone is 2. The highest BCUT2D eigenvalue weighted by molar-refractivity contribution is 6.22. The van der Waals surface area contributed by atoms with Crippen molar-refractivity contribution in [1.82, 2.24) is 0 Å². The summed E-state index contributed by atoms with van der Waals surface area (Å²) in [6.07, 6.45) is 0.975. The van der Waals surface area contributed by atoms with E-state index < -0.39 is 0 Å². The lowest BCUT2D eigenvalue weighted by Gasteiger charge is -2.32. The normalized spacial score (nSPS) is 21.2. The maximum absolute atomic E-state index is 12.0. The minimum Gasteiger partial charge on any atom is -0.294 e. The van der Waals surface area contributed by atoms with Gasteiger partial charge in [-0.2, -0.15) is 0 Å². The summed E-state index contributed by atoms with van der Waals surface area (Å²) in [7, 11) is 0. The van der Waals surface area contributed by atoms with Crippen LogP contribution in [0.5, 0.6) is 0 Å². The van der Waals surface area contributed by atoms with Crippen molar-refractivity contribution in [2.24, 2.45) is 10.8 Å². The van der Waals surface area contributed by atoms with Crippen molar-refractivity contribution in [2.45, 2.75) is 54.4 Å². The molecule has 0 N–H and O–H groups in total. The lowest BCUT2D eigenvalue weighted by molar-refractivity contribution is -0.127. The molecule has 90 valence electrons. The van der Waals surface area contributed by atoms with Crippen LogP contribution in [0, 0.1) is 10.8 Å². The zero-order valence-corrected chi connectivity index (χ0v) is 11.2. The van der Waals surface area contributed by atoms with Gasteiger partial charge in [-0.1, -0.05) is 40.2 Å². The van der Waals surface area contributed by atoms with Gasteiger partial charge in [0.1, 0.15) is 0 Å². The molecule has 2 nitrogen and oxygen atoms in total. The molecule has 1 aliphatic rings. The Balaban J connectivity index is 3.18. The van der Waals surface area contributed by atoms with Gasteiger partial charge < -0.3 is 0 Å². The van der Waals surface area contributed by atoms with Crippen molar-refractivity contribution < 1.29 is 9.59 Å². The molecule has 1 fully saturated rings. The van der Waals surface area contributed by atoms with Crippen LogP contribution >= 0.6 is 0 Å². The van der Waals surface area contributed by atoms with Gasteiger partial charge in [0.2, 0.25) is 0 Å². The van der Waals surface area contributed by atoms with E-state index in [1.54, 1.807) is 0 Å². The standard InChI is InChI=1S/C14H22O2/c1-9(13(2,3)4)12-10(15)7-14(5,6)8-11(12)16/h7-8H2,1-6H3. The van der Waals surface area contributed by atoms with E-state index in [0.717, 1.165) is 5.57 Å². The van der Waals surface area contributed by atoms with Crippen molar-refractivity contribution in [3.8, 4) is 0 Å². The third kappa shape index (κ3) is 2.60. The second-order valence-electron chi connectivity index (χ2n) is 6.61. The van der Waals surface area contributed by atoms with Crippen LogP contribution in [-0.2, 0) is 9.59 Å². The summed E-state index contributed by atoms with van der Waals surface area (Å²) in [5.74, 6) is 0.0438. The minimum absolute atomic E-state index is 0.0219. The molecule has 0 spiro atoms. The monoisotopic (exact) mass is 222 g/mol.